The number of carbonyl (C=O) groups is 2. The van der Waals surface area contributed by atoms with E-state index in [0.29, 0.717) is 11.0 Å². The predicted molar refractivity (Wildman–Crippen MR) is 53.0 cm³/mol. The molecule has 4 N–H and O–H groups in total. The van der Waals surface area contributed by atoms with E-state index in [2.05, 4.69) is 0 Å². The molecular formula is C8H18N3O4+. The van der Waals surface area contributed by atoms with Crippen LogP contribution in [0, 0.1) is 0 Å². The molecule has 0 aromatic carbocycles. The fourth-order valence-corrected chi connectivity index (χ4v) is 0.748. The third-order valence-electron chi connectivity index (χ3n) is 1.54. The van der Waals surface area contributed by atoms with Crippen LogP contribution in [0.25, 0.3) is 0 Å². The van der Waals surface area contributed by atoms with Gasteiger partial charge in [0.15, 0.2) is 0 Å². The zero-order valence-electron chi connectivity index (χ0n) is 9.19. The second-order valence-corrected chi connectivity index (χ2v) is 4.11. The summed E-state index contributed by atoms with van der Waals surface area (Å²) in [5.41, 5.74) is 4.79. The van der Waals surface area contributed by atoms with Crippen LogP contribution in [0.5, 0.6) is 0 Å². The molecular weight excluding hydrogens is 202 g/mol. The molecule has 0 radical (unpaired) electrons. The SMILES string of the molecule is C[N+](C)(C)CCOC(NC(N)=O)C(=O)O. The van der Waals surface area contributed by atoms with Crippen molar-refractivity contribution in [2.75, 3.05) is 34.3 Å². The number of quaternary nitrogens is 1. The van der Waals surface area contributed by atoms with Crippen LogP contribution in [0.15, 0.2) is 0 Å². The molecule has 0 rings (SSSR count). The Hall–Kier alpha value is -1.34. The summed E-state index contributed by atoms with van der Waals surface area (Å²) in [5, 5.41) is 10.6. The van der Waals surface area contributed by atoms with E-state index in [1.165, 1.54) is 0 Å². The Morgan fingerprint density at radius 1 is 1.47 bits per heavy atom. The van der Waals surface area contributed by atoms with E-state index >= 15 is 0 Å². The minimum Gasteiger partial charge on any atom is -0.478 e. The summed E-state index contributed by atoms with van der Waals surface area (Å²) in [5.74, 6) is -1.27. The van der Waals surface area contributed by atoms with E-state index in [-0.39, 0.29) is 6.61 Å². The van der Waals surface area contributed by atoms with Gasteiger partial charge >= 0.3 is 12.0 Å². The van der Waals surface area contributed by atoms with Crippen LogP contribution in [0.3, 0.4) is 0 Å². The number of primary amides is 1. The first-order chi connectivity index (χ1) is 6.72. The highest BCUT2D eigenvalue weighted by Crippen LogP contribution is 1.93. The lowest BCUT2D eigenvalue weighted by atomic mass is 10.5. The molecule has 0 saturated heterocycles. The number of rotatable bonds is 6. The summed E-state index contributed by atoms with van der Waals surface area (Å²) >= 11 is 0. The highest BCUT2D eigenvalue weighted by molar-refractivity contribution is 5.80. The molecule has 0 heterocycles. The van der Waals surface area contributed by atoms with Gasteiger partial charge in [0.05, 0.1) is 27.7 Å². The van der Waals surface area contributed by atoms with E-state index in [1.54, 1.807) is 0 Å². The summed E-state index contributed by atoms with van der Waals surface area (Å²) in [6.45, 7) is 0.852. The number of carbonyl (C=O) groups excluding carboxylic acids is 1. The molecule has 1 unspecified atom stereocenters. The first-order valence-corrected chi connectivity index (χ1v) is 4.43. The molecule has 0 saturated carbocycles. The van der Waals surface area contributed by atoms with Crippen molar-refractivity contribution in [2.24, 2.45) is 5.73 Å². The predicted octanol–water partition coefficient (Wildman–Crippen LogP) is -1.21. The van der Waals surface area contributed by atoms with Crippen LogP contribution in [-0.4, -0.2) is 62.1 Å². The van der Waals surface area contributed by atoms with Crippen LogP contribution in [-0.2, 0) is 9.53 Å². The molecule has 7 heteroatoms. The summed E-state index contributed by atoms with van der Waals surface area (Å²) in [6, 6.07) is -0.923. The second kappa shape index (κ2) is 5.52. The zero-order chi connectivity index (χ0) is 12.1. The topological polar surface area (TPSA) is 102 Å². The third-order valence-corrected chi connectivity index (χ3v) is 1.54. The van der Waals surface area contributed by atoms with Crippen molar-refractivity contribution in [3.05, 3.63) is 0 Å². The number of urea groups is 1. The Morgan fingerprint density at radius 2 is 2.00 bits per heavy atom. The Labute approximate surface area is 88.4 Å². The number of carboxylic acid groups (broad SMARTS) is 1. The van der Waals surface area contributed by atoms with Crippen molar-refractivity contribution < 1.29 is 23.9 Å². The largest absolute Gasteiger partial charge is 0.478 e. The third kappa shape index (κ3) is 7.71. The fourth-order valence-electron chi connectivity index (χ4n) is 0.748. The van der Waals surface area contributed by atoms with Gasteiger partial charge < -0.3 is 25.4 Å². The lowest BCUT2D eigenvalue weighted by Gasteiger charge is -2.24. The van der Waals surface area contributed by atoms with Crippen molar-refractivity contribution >= 4 is 12.0 Å². The van der Waals surface area contributed by atoms with Gasteiger partial charge in [-0.15, -0.1) is 0 Å². The van der Waals surface area contributed by atoms with Gasteiger partial charge in [0.1, 0.15) is 6.54 Å². The number of nitrogens with zero attached hydrogens (tertiary/aromatic N) is 1. The average Bonchev–Trinajstić information content (AvgIpc) is 1.99. The van der Waals surface area contributed by atoms with Gasteiger partial charge in [-0.25, -0.2) is 9.59 Å². The van der Waals surface area contributed by atoms with Crippen LogP contribution < -0.4 is 11.1 Å². The first kappa shape index (κ1) is 13.7. The maximum atomic E-state index is 10.6. The normalized spacial score (nSPS) is 13.3. The van der Waals surface area contributed by atoms with Crippen LogP contribution in [0.2, 0.25) is 0 Å². The van der Waals surface area contributed by atoms with Gasteiger partial charge in [-0.3, -0.25) is 0 Å². The molecule has 0 spiro atoms. The number of likely N-dealkylation sites (N-methyl/N-ethyl adjacent to an activating group) is 1. The molecule has 0 fully saturated rings. The lowest BCUT2D eigenvalue weighted by Crippen LogP contribution is -2.47. The minimum absolute atomic E-state index is 0.223. The van der Waals surface area contributed by atoms with E-state index in [0.717, 1.165) is 0 Å². The van der Waals surface area contributed by atoms with Gasteiger partial charge in [0, 0.05) is 0 Å². The molecule has 2 amide bonds. The van der Waals surface area contributed by atoms with Crippen molar-refractivity contribution in [1.82, 2.24) is 5.32 Å². The summed E-state index contributed by atoms with van der Waals surface area (Å²) in [4.78, 5) is 21.0. The number of amides is 2. The van der Waals surface area contributed by atoms with Crippen molar-refractivity contribution in [3.8, 4) is 0 Å². The molecule has 0 aliphatic rings. The summed E-state index contributed by atoms with van der Waals surface area (Å²) in [7, 11) is 5.84. The number of ether oxygens (including phenoxy) is 1. The van der Waals surface area contributed by atoms with Crippen molar-refractivity contribution in [2.45, 2.75) is 6.23 Å². The molecule has 88 valence electrons. The maximum Gasteiger partial charge on any atom is 0.354 e. The second-order valence-electron chi connectivity index (χ2n) is 4.11. The minimum atomic E-state index is -1.38. The van der Waals surface area contributed by atoms with E-state index in [9.17, 15) is 9.59 Å². The molecule has 7 nitrogen and oxygen atoms in total. The molecule has 15 heavy (non-hydrogen) atoms. The monoisotopic (exact) mass is 220 g/mol. The van der Waals surface area contributed by atoms with Crippen LogP contribution in [0.1, 0.15) is 0 Å². The number of nitrogens with two attached hydrogens (primary N) is 1. The highest BCUT2D eigenvalue weighted by atomic mass is 16.5. The van der Waals surface area contributed by atoms with Gasteiger partial charge in [-0.05, 0) is 0 Å². The van der Waals surface area contributed by atoms with Crippen molar-refractivity contribution in [3.63, 3.8) is 0 Å². The number of carboxylic acids is 1. The van der Waals surface area contributed by atoms with E-state index in [4.69, 9.17) is 15.6 Å². The number of aliphatic carboxylic acids is 1. The van der Waals surface area contributed by atoms with Crippen LogP contribution in [0.4, 0.5) is 4.79 Å². The number of nitrogens with one attached hydrogen (secondary N) is 1. The lowest BCUT2D eigenvalue weighted by molar-refractivity contribution is -0.870. The fraction of sp³-hybridized carbons (Fsp3) is 0.750. The number of hydrogen-bond acceptors (Lipinski definition) is 3. The average molecular weight is 220 g/mol. The molecule has 1 atom stereocenters. The van der Waals surface area contributed by atoms with Crippen molar-refractivity contribution in [1.29, 1.82) is 0 Å². The molecule has 0 aliphatic heterocycles. The highest BCUT2D eigenvalue weighted by Gasteiger charge is 2.20. The Kier molecular flexibility index (Phi) is 5.03. The van der Waals surface area contributed by atoms with Gasteiger partial charge in [0.25, 0.3) is 0 Å². The van der Waals surface area contributed by atoms with Gasteiger partial charge in [-0.1, -0.05) is 0 Å². The molecule has 0 aromatic heterocycles. The zero-order valence-corrected chi connectivity index (χ0v) is 9.19. The van der Waals surface area contributed by atoms with E-state index in [1.807, 2.05) is 26.5 Å². The Balaban J connectivity index is 3.98. The smallest absolute Gasteiger partial charge is 0.354 e. The molecule has 0 aliphatic carbocycles. The summed E-state index contributed by atoms with van der Waals surface area (Å²) < 4.78 is 5.61. The first-order valence-electron chi connectivity index (χ1n) is 4.43. The molecule has 0 bridgehead atoms. The van der Waals surface area contributed by atoms with Gasteiger partial charge in [0.2, 0.25) is 6.23 Å². The van der Waals surface area contributed by atoms with Gasteiger partial charge in [-0.2, -0.15) is 0 Å². The standard InChI is InChI=1S/C8H17N3O4/c1-11(2,3)4-5-15-6(7(12)13)10-8(9)14/h6H,4-5H2,1-3H3,(H3-,9,10,12,13,14)/p+1. The summed E-state index contributed by atoms with van der Waals surface area (Å²) in [6.07, 6.45) is -1.38. The maximum absolute atomic E-state index is 10.6. The van der Waals surface area contributed by atoms with E-state index < -0.39 is 18.2 Å². The number of hydrogen-bond donors (Lipinski definition) is 3. The quantitative estimate of drug-likeness (QED) is 0.386. The Morgan fingerprint density at radius 3 is 2.33 bits per heavy atom. The molecule has 0 aromatic rings. The van der Waals surface area contributed by atoms with Crippen LogP contribution >= 0.6 is 0 Å². The Bertz CT molecular complexity index is 237.